The van der Waals surface area contributed by atoms with Crippen molar-refractivity contribution in [3.8, 4) is 0 Å². The van der Waals surface area contributed by atoms with Gasteiger partial charge >= 0.3 is 5.97 Å². The maximum Gasteiger partial charge on any atom is 0.310 e. The van der Waals surface area contributed by atoms with Gasteiger partial charge in [-0.1, -0.05) is 44.9 Å². The van der Waals surface area contributed by atoms with Gasteiger partial charge in [-0.15, -0.1) is 5.48 Å². The Morgan fingerprint density at radius 3 is 2.62 bits per heavy atom. The second-order valence-corrected chi connectivity index (χ2v) is 8.24. The van der Waals surface area contributed by atoms with Crippen LogP contribution in [0.25, 0.3) is 0 Å². The van der Waals surface area contributed by atoms with E-state index < -0.39 is 24.0 Å². The van der Waals surface area contributed by atoms with E-state index in [9.17, 15) is 14.4 Å². The number of carbonyl (C=O) groups is 3. The monoisotopic (exact) mass is 410 g/mol. The minimum Gasteiger partial charge on any atom is -0.481 e. The highest BCUT2D eigenvalue weighted by Crippen LogP contribution is 2.29. The summed E-state index contributed by atoms with van der Waals surface area (Å²) < 4.78 is 0. The van der Waals surface area contributed by atoms with Crippen LogP contribution >= 0.6 is 0 Å². The number of aliphatic imine (C=N–C) groups is 1. The first-order valence-electron chi connectivity index (χ1n) is 10.4. The zero-order chi connectivity index (χ0) is 20.8. The molecule has 1 aliphatic carbocycles. The maximum absolute atomic E-state index is 12.4. The first-order chi connectivity index (χ1) is 14.0. The van der Waals surface area contributed by atoms with E-state index in [0.29, 0.717) is 6.42 Å². The van der Waals surface area contributed by atoms with Crippen LogP contribution in [-0.4, -0.2) is 58.2 Å². The number of rotatable bonds is 9. The summed E-state index contributed by atoms with van der Waals surface area (Å²) in [7, 11) is 0. The van der Waals surface area contributed by atoms with E-state index in [1.165, 1.54) is 37.0 Å². The van der Waals surface area contributed by atoms with Crippen molar-refractivity contribution < 1.29 is 29.5 Å². The van der Waals surface area contributed by atoms with Crippen molar-refractivity contribution in [2.24, 2.45) is 22.7 Å². The molecule has 0 spiro atoms. The molecule has 0 aromatic heterocycles. The smallest absolute Gasteiger partial charge is 0.310 e. The van der Waals surface area contributed by atoms with Gasteiger partial charge in [-0.25, -0.2) is 10.5 Å². The third-order valence-corrected chi connectivity index (χ3v) is 6.10. The van der Waals surface area contributed by atoms with Crippen molar-refractivity contribution in [1.29, 1.82) is 0 Å². The molecule has 0 aromatic carbocycles. The van der Waals surface area contributed by atoms with Crippen molar-refractivity contribution in [3.63, 3.8) is 0 Å². The van der Waals surface area contributed by atoms with E-state index in [1.54, 1.807) is 5.48 Å². The Labute approximate surface area is 169 Å². The molecule has 2 heterocycles. The summed E-state index contributed by atoms with van der Waals surface area (Å²) >= 11 is 0. The molecule has 2 fully saturated rings. The molecule has 2 atom stereocenters. The zero-order valence-corrected chi connectivity index (χ0v) is 16.5. The molecule has 162 valence electrons. The standard InChI is InChI=1S/C19H30N4O6/c24-15(21-28)9-13(8-4-7-12-5-2-1-3-6-12)17-20-16(22-29-17)18(25)23-10-14(11-23)19(26)27/h12-14,16,22,28H,1-11H2,(H,21,24)(H,26,27)/t13-,16?/m1/s1. The lowest BCUT2D eigenvalue weighted by Gasteiger charge is -2.37. The molecule has 1 unspecified atom stereocenters. The molecular weight excluding hydrogens is 380 g/mol. The second-order valence-electron chi connectivity index (χ2n) is 8.24. The molecule has 2 amide bonds. The Morgan fingerprint density at radius 1 is 1.24 bits per heavy atom. The summed E-state index contributed by atoms with van der Waals surface area (Å²) in [5.74, 6) is -1.65. The predicted molar refractivity (Wildman–Crippen MR) is 102 cm³/mol. The topological polar surface area (TPSA) is 141 Å². The van der Waals surface area contributed by atoms with Crippen LogP contribution < -0.4 is 11.0 Å². The molecule has 10 nitrogen and oxygen atoms in total. The Bertz CT molecular complexity index is 643. The molecule has 1 saturated heterocycles. The van der Waals surface area contributed by atoms with Crippen molar-refractivity contribution in [3.05, 3.63) is 0 Å². The van der Waals surface area contributed by atoms with Gasteiger partial charge < -0.3 is 14.8 Å². The van der Waals surface area contributed by atoms with Gasteiger partial charge in [-0.05, 0) is 12.3 Å². The molecule has 0 aromatic rings. The summed E-state index contributed by atoms with van der Waals surface area (Å²) in [5.41, 5.74) is 4.22. The molecule has 2 aliphatic heterocycles. The number of likely N-dealkylation sites (tertiary alicyclic amines) is 1. The number of carbonyl (C=O) groups excluding carboxylic acids is 2. The fraction of sp³-hybridized carbons (Fsp3) is 0.789. The number of hydrogen-bond acceptors (Lipinski definition) is 7. The summed E-state index contributed by atoms with van der Waals surface area (Å²) in [5, 5.41) is 17.8. The van der Waals surface area contributed by atoms with Gasteiger partial charge in [0.15, 0.2) is 0 Å². The lowest BCUT2D eigenvalue weighted by atomic mass is 9.84. The van der Waals surface area contributed by atoms with Gasteiger partial charge in [0.05, 0.1) is 5.92 Å². The maximum atomic E-state index is 12.4. The van der Waals surface area contributed by atoms with E-state index in [0.717, 1.165) is 18.8 Å². The molecular formula is C19H30N4O6. The van der Waals surface area contributed by atoms with E-state index >= 15 is 0 Å². The largest absolute Gasteiger partial charge is 0.481 e. The van der Waals surface area contributed by atoms with Crippen molar-refractivity contribution in [2.75, 3.05) is 13.1 Å². The SMILES string of the molecule is O=C(C[C@@H](CCCC1CCCCC1)C1=NC(C(=O)N2CC(C(=O)O)C2)NO1)NO. The molecule has 0 radical (unpaired) electrons. The van der Waals surface area contributed by atoms with Crippen LogP contribution in [0.5, 0.6) is 0 Å². The molecule has 0 bridgehead atoms. The van der Waals surface area contributed by atoms with E-state index in [2.05, 4.69) is 10.5 Å². The van der Waals surface area contributed by atoms with Gasteiger partial charge in [0.25, 0.3) is 5.91 Å². The Morgan fingerprint density at radius 2 is 1.97 bits per heavy atom. The van der Waals surface area contributed by atoms with Crippen LogP contribution in [0.4, 0.5) is 0 Å². The summed E-state index contributed by atoms with van der Waals surface area (Å²) in [4.78, 5) is 46.1. The highest BCUT2D eigenvalue weighted by atomic mass is 16.7. The van der Waals surface area contributed by atoms with E-state index in [-0.39, 0.29) is 37.2 Å². The Hall–Kier alpha value is -2.20. The molecule has 3 aliphatic rings. The lowest BCUT2D eigenvalue weighted by molar-refractivity contribution is -0.154. The number of nitrogens with zero attached hydrogens (tertiary/aromatic N) is 2. The van der Waals surface area contributed by atoms with Crippen molar-refractivity contribution in [2.45, 2.75) is 64.0 Å². The molecule has 10 heteroatoms. The number of hydrogen-bond donors (Lipinski definition) is 4. The van der Waals surface area contributed by atoms with Gasteiger partial charge in [0.1, 0.15) is 0 Å². The fourth-order valence-electron chi connectivity index (χ4n) is 4.29. The Balaban J connectivity index is 1.53. The number of carboxylic acids is 1. The number of nitrogens with one attached hydrogen (secondary N) is 2. The minimum atomic E-state index is -0.933. The van der Waals surface area contributed by atoms with Crippen molar-refractivity contribution >= 4 is 23.7 Å². The van der Waals surface area contributed by atoms with Crippen LogP contribution in [0.3, 0.4) is 0 Å². The van der Waals surface area contributed by atoms with Gasteiger partial charge in [-0.3, -0.25) is 19.6 Å². The van der Waals surface area contributed by atoms with Crippen LogP contribution in [0.15, 0.2) is 4.99 Å². The molecule has 3 rings (SSSR count). The Kier molecular flexibility index (Phi) is 7.43. The average Bonchev–Trinajstić information content (AvgIpc) is 3.16. The summed E-state index contributed by atoms with van der Waals surface area (Å²) in [6, 6.07) is 0. The highest BCUT2D eigenvalue weighted by Gasteiger charge is 2.41. The molecule has 29 heavy (non-hydrogen) atoms. The number of carboxylic acid groups (broad SMARTS) is 1. The van der Waals surface area contributed by atoms with Gasteiger partial charge in [0.2, 0.25) is 18.0 Å². The molecule has 1 saturated carbocycles. The first-order valence-corrected chi connectivity index (χ1v) is 10.4. The second kappa shape index (κ2) is 10.0. The first kappa shape index (κ1) is 21.5. The lowest BCUT2D eigenvalue weighted by Crippen LogP contribution is -2.57. The molecule has 4 N–H and O–H groups in total. The predicted octanol–water partition coefficient (Wildman–Crippen LogP) is 1.05. The summed E-state index contributed by atoms with van der Waals surface area (Å²) in [6.07, 6.45) is 8.15. The number of hydroxylamine groups is 2. The minimum absolute atomic E-state index is 0.0212. The quantitative estimate of drug-likeness (QED) is 0.329. The van der Waals surface area contributed by atoms with Crippen LogP contribution in [-0.2, 0) is 19.2 Å². The summed E-state index contributed by atoms with van der Waals surface area (Å²) in [6.45, 7) is 0.323. The van der Waals surface area contributed by atoms with Crippen LogP contribution in [0.2, 0.25) is 0 Å². The van der Waals surface area contributed by atoms with E-state index in [1.807, 2.05) is 0 Å². The third kappa shape index (κ3) is 5.66. The normalized spacial score (nSPS) is 23.7. The number of amides is 2. The number of aliphatic carboxylic acids is 1. The van der Waals surface area contributed by atoms with Gasteiger partial charge in [-0.2, -0.15) is 0 Å². The van der Waals surface area contributed by atoms with Gasteiger partial charge in [0, 0.05) is 25.4 Å². The van der Waals surface area contributed by atoms with E-state index in [4.69, 9.17) is 15.2 Å². The highest BCUT2D eigenvalue weighted by molar-refractivity contribution is 5.91. The fourth-order valence-corrected chi connectivity index (χ4v) is 4.29. The van der Waals surface area contributed by atoms with Crippen molar-refractivity contribution in [1.82, 2.24) is 15.9 Å². The third-order valence-electron chi connectivity index (χ3n) is 6.10. The average molecular weight is 410 g/mol. The zero-order valence-electron chi connectivity index (χ0n) is 16.5. The van der Waals surface area contributed by atoms with Crippen LogP contribution in [0, 0.1) is 17.8 Å². The van der Waals surface area contributed by atoms with Crippen LogP contribution in [0.1, 0.15) is 57.8 Å².